The first-order chi connectivity index (χ1) is 9.44. The molecule has 6 heteroatoms. The van der Waals surface area contributed by atoms with Gasteiger partial charge in [-0.25, -0.2) is 0 Å². The van der Waals surface area contributed by atoms with E-state index in [1.807, 2.05) is 17.8 Å². The minimum absolute atomic E-state index is 0.225. The summed E-state index contributed by atoms with van der Waals surface area (Å²) >= 11 is 0. The third-order valence-electron chi connectivity index (χ3n) is 3.67. The predicted octanol–water partition coefficient (Wildman–Crippen LogP) is 2.43. The normalized spacial score (nSPS) is 15.0. The fraction of sp³-hybridized carbons (Fsp3) is 0.429. The van der Waals surface area contributed by atoms with Crippen LogP contribution < -0.4 is 10.6 Å². The summed E-state index contributed by atoms with van der Waals surface area (Å²) in [6.45, 7) is 0.951. The molecule has 3 rings (SSSR count). The van der Waals surface area contributed by atoms with Gasteiger partial charge in [-0.15, -0.1) is 0 Å². The van der Waals surface area contributed by atoms with E-state index in [4.69, 9.17) is 0 Å². The van der Waals surface area contributed by atoms with Crippen LogP contribution in [0.3, 0.4) is 0 Å². The molecule has 0 amide bonds. The fourth-order valence-electron chi connectivity index (χ4n) is 2.74. The Kier molecular flexibility index (Phi) is 3.22. The predicted molar refractivity (Wildman–Crippen MR) is 71.2 cm³/mol. The van der Waals surface area contributed by atoms with Crippen molar-refractivity contribution in [3.8, 4) is 0 Å². The molecular weight excluding hydrogens is 267 g/mol. The minimum atomic E-state index is -4.17. The van der Waals surface area contributed by atoms with Crippen molar-refractivity contribution in [2.24, 2.45) is 7.05 Å². The van der Waals surface area contributed by atoms with Gasteiger partial charge in [-0.1, -0.05) is 0 Å². The summed E-state index contributed by atoms with van der Waals surface area (Å²) in [4.78, 5) is 0. The molecule has 20 heavy (non-hydrogen) atoms. The summed E-state index contributed by atoms with van der Waals surface area (Å²) in [5.41, 5.74) is 4.48. The smallest absolute Gasteiger partial charge is 0.350 e. The summed E-state index contributed by atoms with van der Waals surface area (Å²) in [6, 6.07) is 4.22. The average molecular weight is 283 g/mol. The van der Waals surface area contributed by atoms with Gasteiger partial charge in [-0.3, -0.25) is 0 Å². The number of aryl methyl sites for hydroxylation is 1. The Labute approximate surface area is 114 Å². The van der Waals surface area contributed by atoms with Gasteiger partial charge in [-0.05, 0) is 28.8 Å². The lowest BCUT2D eigenvalue weighted by Crippen LogP contribution is -2.28. The maximum Gasteiger partial charge on any atom is 0.401 e. The molecule has 3 nitrogen and oxygen atoms in total. The van der Waals surface area contributed by atoms with Crippen LogP contribution in [0.15, 0.2) is 18.3 Å². The van der Waals surface area contributed by atoms with Crippen molar-refractivity contribution < 1.29 is 13.2 Å². The van der Waals surface area contributed by atoms with Crippen molar-refractivity contribution in [3.05, 3.63) is 35.0 Å². The van der Waals surface area contributed by atoms with E-state index in [1.54, 1.807) is 0 Å². The molecule has 0 saturated carbocycles. The van der Waals surface area contributed by atoms with Crippen molar-refractivity contribution in [2.75, 3.05) is 6.54 Å². The van der Waals surface area contributed by atoms with E-state index in [-0.39, 0.29) is 6.54 Å². The molecule has 0 spiro atoms. The number of benzene rings is 1. The number of hydrogen-bond acceptors (Lipinski definition) is 2. The van der Waals surface area contributed by atoms with Gasteiger partial charge in [0.2, 0.25) is 0 Å². The van der Waals surface area contributed by atoms with E-state index in [1.165, 1.54) is 11.1 Å². The minimum Gasteiger partial charge on any atom is -0.350 e. The number of halogens is 3. The van der Waals surface area contributed by atoms with Crippen LogP contribution in [0, 0.1) is 0 Å². The van der Waals surface area contributed by atoms with Crippen LogP contribution in [0.1, 0.15) is 16.7 Å². The van der Waals surface area contributed by atoms with Crippen LogP contribution in [-0.4, -0.2) is 17.3 Å². The highest BCUT2D eigenvalue weighted by atomic mass is 19.4. The number of fused-ring (bicyclic) bond motifs is 2. The molecule has 0 fully saturated rings. The quantitative estimate of drug-likeness (QED) is 0.906. The second-order valence-corrected chi connectivity index (χ2v) is 5.23. The van der Waals surface area contributed by atoms with Crippen molar-refractivity contribution in [1.82, 2.24) is 15.2 Å². The van der Waals surface area contributed by atoms with Crippen LogP contribution in [-0.2, 0) is 26.7 Å². The molecule has 0 bridgehead atoms. The van der Waals surface area contributed by atoms with Crippen LogP contribution in [0.4, 0.5) is 13.2 Å². The summed E-state index contributed by atoms with van der Waals surface area (Å²) in [5.74, 6) is 0. The van der Waals surface area contributed by atoms with Crippen LogP contribution in [0.5, 0.6) is 0 Å². The van der Waals surface area contributed by atoms with E-state index in [0.717, 1.165) is 29.6 Å². The summed E-state index contributed by atoms with van der Waals surface area (Å²) < 4.78 is 38.5. The molecule has 1 aromatic heterocycles. The van der Waals surface area contributed by atoms with Gasteiger partial charge in [-0.2, -0.15) is 13.2 Å². The van der Waals surface area contributed by atoms with E-state index >= 15 is 0 Å². The van der Waals surface area contributed by atoms with Gasteiger partial charge < -0.3 is 15.2 Å². The summed E-state index contributed by atoms with van der Waals surface area (Å²) in [5, 5.41) is 6.77. The number of nitrogens with zero attached hydrogens (tertiary/aromatic N) is 1. The first-order valence-electron chi connectivity index (χ1n) is 6.52. The standard InChI is InChI=1S/C14H16F3N3/c1-20-7-11(6-19-8-14(15,16)17)12-2-9-4-18-5-10(9)3-13(12)20/h2-3,7,18-19H,4-6,8H2,1H3. The van der Waals surface area contributed by atoms with Gasteiger partial charge in [0.1, 0.15) is 0 Å². The maximum absolute atomic E-state index is 12.2. The largest absolute Gasteiger partial charge is 0.401 e. The molecule has 1 aliphatic heterocycles. The Morgan fingerprint density at radius 2 is 1.95 bits per heavy atom. The third-order valence-corrected chi connectivity index (χ3v) is 3.67. The lowest BCUT2D eigenvalue weighted by atomic mass is 10.1. The molecule has 0 atom stereocenters. The zero-order valence-electron chi connectivity index (χ0n) is 11.1. The topological polar surface area (TPSA) is 29.0 Å². The van der Waals surface area contributed by atoms with Crippen molar-refractivity contribution in [2.45, 2.75) is 25.8 Å². The van der Waals surface area contributed by atoms with Crippen LogP contribution >= 0.6 is 0 Å². The summed E-state index contributed by atoms with van der Waals surface area (Å²) in [7, 11) is 1.92. The number of aromatic nitrogens is 1. The first-order valence-corrected chi connectivity index (χ1v) is 6.52. The number of rotatable bonds is 3. The van der Waals surface area contributed by atoms with Gasteiger partial charge in [0.05, 0.1) is 6.54 Å². The SMILES string of the molecule is Cn1cc(CNCC(F)(F)F)c2cc3c(cc21)CNC3. The molecule has 0 saturated heterocycles. The molecule has 108 valence electrons. The molecular formula is C14H16F3N3. The Morgan fingerprint density at radius 3 is 2.65 bits per heavy atom. The Balaban J connectivity index is 1.88. The highest BCUT2D eigenvalue weighted by molar-refractivity contribution is 5.85. The monoisotopic (exact) mass is 283 g/mol. The van der Waals surface area contributed by atoms with E-state index in [9.17, 15) is 13.2 Å². The second-order valence-electron chi connectivity index (χ2n) is 5.23. The number of alkyl halides is 3. The summed E-state index contributed by atoms with van der Waals surface area (Å²) in [6.07, 6.45) is -2.27. The Morgan fingerprint density at radius 1 is 1.25 bits per heavy atom. The van der Waals surface area contributed by atoms with Crippen LogP contribution in [0.25, 0.3) is 10.9 Å². The van der Waals surface area contributed by atoms with E-state index < -0.39 is 12.7 Å². The molecule has 2 heterocycles. The lowest BCUT2D eigenvalue weighted by molar-refractivity contribution is -0.125. The number of hydrogen-bond donors (Lipinski definition) is 2. The van der Waals surface area contributed by atoms with Crippen molar-refractivity contribution >= 4 is 10.9 Å². The highest BCUT2D eigenvalue weighted by Crippen LogP contribution is 2.27. The second kappa shape index (κ2) is 4.79. The molecule has 0 aliphatic carbocycles. The number of nitrogens with one attached hydrogen (secondary N) is 2. The fourth-order valence-corrected chi connectivity index (χ4v) is 2.74. The molecule has 1 aromatic carbocycles. The van der Waals surface area contributed by atoms with E-state index in [2.05, 4.69) is 22.8 Å². The highest BCUT2D eigenvalue weighted by Gasteiger charge is 2.26. The van der Waals surface area contributed by atoms with Gasteiger partial charge in [0.15, 0.2) is 0 Å². The van der Waals surface area contributed by atoms with E-state index in [0.29, 0.717) is 0 Å². The molecule has 2 N–H and O–H groups in total. The average Bonchev–Trinajstić information content (AvgIpc) is 2.91. The molecule has 0 unspecified atom stereocenters. The Bertz CT molecular complexity index is 643. The van der Waals surface area contributed by atoms with Crippen molar-refractivity contribution in [3.63, 3.8) is 0 Å². The molecule has 0 radical (unpaired) electrons. The zero-order valence-corrected chi connectivity index (χ0v) is 11.1. The zero-order chi connectivity index (χ0) is 14.3. The van der Waals surface area contributed by atoms with Crippen LogP contribution in [0.2, 0.25) is 0 Å². The third kappa shape index (κ3) is 2.53. The maximum atomic E-state index is 12.2. The Hall–Kier alpha value is -1.53. The van der Waals surface area contributed by atoms with Gasteiger partial charge in [0, 0.05) is 43.8 Å². The first kappa shape index (κ1) is 13.5. The van der Waals surface area contributed by atoms with Gasteiger partial charge >= 0.3 is 6.18 Å². The molecule has 2 aromatic rings. The van der Waals surface area contributed by atoms with Crippen molar-refractivity contribution in [1.29, 1.82) is 0 Å². The lowest BCUT2D eigenvalue weighted by Gasteiger charge is -2.07. The van der Waals surface area contributed by atoms with Gasteiger partial charge in [0.25, 0.3) is 0 Å². The molecule has 1 aliphatic rings.